The van der Waals surface area contributed by atoms with Crippen LogP contribution in [0.5, 0.6) is 0 Å². The van der Waals surface area contributed by atoms with E-state index in [4.69, 9.17) is 4.65 Å². The number of carbonyl (C=O) groups excluding carboxylic acids is 1. The minimum Gasteiger partial charge on any atom is -0.427 e. The van der Waals surface area contributed by atoms with Crippen molar-refractivity contribution in [2.45, 2.75) is 52.7 Å². The van der Waals surface area contributed by atoms with Crippen molar-refractivity contribution in [3.8, 4) is 0 Å². The third-order valence-electron chi connectivity index (χ3n) is 5.25. The zero-order valence-electron chi connectivity index (χ0n) is 17.0. The molecule has 0 aliphatic rings. The first-order chi connectivity index (χ1) is 12.5. The Bertz CT molecular complexity index is 845. The van der Waals surface area contributed by atoms with E-state index in [-0.39, 0.29) is 0 Å². The fourth-order valence-electron chi connectivity index (χ4n) is 2.43. The smallest absolute Gasteiger partial charge is 0.331 e. The summed E-state index contributed by atoms with van der Waals surface area (Å²) in [6.07, 6.45) is 4.93. The molecular weight excluding hydrogens is 335 g/mol. The van der Waals surface area contributed by atoms with E-state index in [1.165, 1.54) is 0 Å². The van der Waals surface area contributed by atoms with Gasteiger partial charge in [0.15, 0.2) is 0 Å². The first-order valence-electron chi connectivity index (χ1n) is 9.12. The average molecular weight is 363 g/mol. The van der Waals surface area contributed by atoms with Crippen molar-refractivity contribution >= 4 is 31.4 Å². The Morgan fingerprint density at radius 1 is 1.00 bits per heavy atom. The van der Waals surface area contributed by atoms with Crippen molar-refractivity contribution in [2.75, 3.05) is 0 Å². The molecule has 0 aliphatic carbocycles. The van der Waals surface area contributed by atoms with Gasteiger partial charge in [0.05, 0.1) is 11.2 Å². The molecule has 27 heavy (non-hydrogen) atoms. The maximum atomic E-state index is 11.0. The fraction of sp³-hybridized carbons (Fsp3) is 0.348. The number of aryl methyl sites for hydroxylation is 1. The Hall–Kier alpha value is -2.17. The molecule has 2 aromatic rings. The van der Waals surface area contributed by atoms with Gasteiger partial charge in [-0.2, -0.15) is 0 Å². The molecule has 2 aromatic carbocycles. The molecule has 0 heterocycles. The van der Waals surface area contributed by atoms with Crippen LogP contribution in [-0.2, 0) is 4.65 Å². The fourth-order valence-corrected chi connectivity index (χ4v) is 2.43. The minimum absolute atomic E-state index is 0.668. The van der Waals surface area contributed by atoms with Crippen LogP contribution in [0.3, 0.4) is 0 Å². The summed E-state index contributed by atoms with van der Waals surface area (Å²) >= 11 is 0. The molecule has 0 saturated carbocycles. The van der Waals surface area contributed by atoms with Gasteiger partial charge in [0.2, 0.25) is 0 Å². The highest BCUT2D eigenvalue weighted by Gasteiger charge is 2.35. The molecule has 2 rings (SSSR count). The lowest BCUT2D eigenvalue weighted by Crippen LogP contribution is -2.49. The molecule has 1 radical (unpaired) electrons. The largest absolute Gasteiger partial charge is 0.427 e. The van der Waals surface area contributed by atoms with Gasteiger partial charge in [0, 0.05) is 5.56 Å². The molecule has 141 valence electrons. The van der Waals surface area contributed by atoms with E-state index in [1.807, 2.05) is 76.2 Å². The standard InChI is InChI=1S/C23H28BO3/c1-16-10-11-18(15-25)14-20(16)13-12-19-8-7-9-21(17(19)2)24-27-23(5,6)22(3,4)26/h7-15,26H,1-6H3/b13-12+. The second kappa shape index (κ2) is 8.24. The molecule has 0 aliphatic heterocycles. The number of hydrogen-bond donors (Lipinski definition) is 1. The number of rotatable bonds is 7. The van der Waals surface area contributed by atoms with E-state index in [1.54, 1.807) is 21.3 Å². The molecule has 4 heteroatoms. The molecule has 0 amide bonds. The van der Waals surface area contributed by atoms with Gasteiger partial charge in [0.25, 0.3) is 0 Å². The predicted octanol–water partition coefficient (Wildman–Crippen LogP) is 4.10. The van der Waals surface area contributed by atoms with Gasteiger partial charge >= 0.3 is 7.48 Å². The average Bonchev–Trinajstić information content (AvgIpc) is 2.60. The molecule has 0 spiro atoms. The van der Waals surface area contributed by atoms with Crippen molar-refractivity contribution in [1.29, 1.82) is 0 Å². The van der Waals surface area contributed by atoms with Gasteiger partial charge in [-0.15, -0.1) is 0 Å². The van der Waals surface area contributed by atoms with Crippen molar-refractivity contribution in [1.82, 2.24) is 0 Å². The summed E-state index contributed by atoms with van der Waals surface area (Å²) < 4.78 is 5.89. The molecule has 0 saturated heterocycles. The van der Waals surface area contributed by atoms with E-state index < -0.39 is 11.2 Å². The van der Waals surface area contributed by atoms with Crippen molar-refractivity contribution in [3.05, 3.63) is 64.2 Å². The molecule has 1 N–H and O–H groups in total. The highest BCUT2D eigenvalue weighted by Crippen LogP contribution is 2.24. The predicted molar refractivity (Wildman–Crippen MR) is 114 cm³/mol. The zero-order valence-corrected chi connectivity index (χ0v) is 17.0. The normalized spacial score (nSPS) is 12.4. The van der Waals surface area contributed by atoms with Gasteiger partial charge in [-0.3, -0.25) is 4.79 Å². The van der Waals surface area contributed by atoms with Crippen LogP contribution in [0.15, 0.2) is 36.4 Å². The maximum absolute atomic E-state index is 11.0. The molecule has 0 aromatic heterocycles. The lowest BCUT2D eigenvalue weighted by molar-refractivity contribution is -0.0893. The quantitative estimate of drug-likeness (QED) is 0.458. The van der Waals surface area contributed by atoms with E-state index in [9.17, 15) is 9.90 Å². The van der Waals surface area contributed by atoms with Crippen molar-refractivity contribution in [3.63, 3.8) is 0 Å². The van der Waals surface area contributed by atoms with Crippen LogP contribution in [0.4, 0.5) is 0 Å². The number of aldehydes is 1. The van der Waals surface area contributed by atoms with E-state index in [0.29, 0.717) is 5.56 Å². The van der Waals surface area contributed by atoms with Gasteiger partial charge in [-0.1, -0.05) is 47.9 Å². The monoisotopic (exact) mass is 363 g/mol. The third kappa shape index (κ3) is 5.18. The van der Waals surface area contributed by atoms with Crippen LogP contribution in [0.2, 0.25) is 0 Å². The summed E-state index contributed by atoms with van der Waals surface area (Å²) in [5, 5.41) is 10.2. The van der Waals surface area contributed by atoms with E-state index in [2.05, 4.69) is 0 Å². The Balaban J connectivity index is 2.23. The van der Waals surface area contributed by atoms with Gasteiger partial charge in [0.1, 0.15) is 6.29 Å². The third-order valence-corrected chi connectivity index (χ3v) is 5.25. The summed E-state index contributed by atoms with van der Waals surface area (Å²) in [6, 6.07) is 11.7. The number of hydrogen-bond acceptors (Lipinski definition) is 3. The van der Waals surface area contributed by atoms with E-state index >= 15 is 0 Å². The second-order valence-electron chi connectivity index (χ2n) is 7.93. The number of aliphatic hydroxyl groups is 1. The molecule has 0 atom stereocenters. The summed E-state index contributed by atoms with van der Waals surface area (Å²) in [7, 11) is 1.71. The summed E-state index contributed by atoms with van der Waals surface area (Å²) in [4.78, 5) is 11.0. The van der Waals surface area contributed by atoms with Crippen LogP contribution in [0.25, 0.3) is 12.2 Å². The van der Waals surface area contributed by atoms with Gasteiger partial charge in [-0.05, 0) is 69.9 Å². The van der Waals surface area contributed by atoms with Crippen molar-refractivity contribution < 1.29 is 14.6 Å². The number of benzene rings is 2. The minimum atomic E-state index is -0.962. The summed E-state index contributed by atoms with van der Waals surface area (Å²) in [6.45, 7) is 11.3. The van der Waals surface area contributed by atoms with Gasteiger partial charge < -0.3 is 9.76 Å². The Morgan fingerprint density at radius 3 is 2.30 bits per heavy atom. The first-order valence-corrected chi connectivity index (χ1v) is 9.12. The molecule has 0 bridgehead atoms. The van der Waals surface area contributed by atoms with Crippen LogP contribution in [0, 0.1) is 13.8 Å². The lowest BCUT2D eigenvalue weighted by atomic mass is 9.79. The van der Waals surface area contributed by atoms with E-state index in [0.717, 1.165) is 34.0 Å². The number of carbonyl (C=O) groups is 1. The van der Waals surface area contributed by atoms with Crippen LogP contribution >= 0.6 is 0 Å². The first kappa shape index (κ1) is 21.1. The zero-order chi connectivity index (χ0) is 20.2. The Kier molecular flexibility index (Phi) is 6.45. The Labute approximate surface area is 163 Å². The van der Waals surface area contributed by atoms with Crippen LogP contribution in [-0.4, -0.2) is 30.1 Å². The second-order valence-corrected chi connectivity index (χ2v) is 7.93. The molecule has 0 fully saturated rings. The maximum Gasteiger partial charge on any atom is 0.331 e. The molecular formula is C23H28BO3. The molecule has 0 unspecified atom stereocenters. The van der Waals surface area contributed by atoms with Gasteiger partial charge in [-0.25, -0.2) is 0 Å². The van der Waals surface area contributed by atoms with Crippen LogP contribution in [0.1, 0.15) is 60.3 Å². The summed E-state index contributed by atoms with van der Waals surface area (Å²) in [5.74, 6) is 0. The highest BCUT2D eigenvalue weighted by atomic mass is 16.5. The SMILES string of the molecule is Cc1ccc(C=O)cc1/C=C/c1cccc([B]OC(C)(C)C(C)(C)O)c1C. The summed E-state index contributed by atoms with van der Waals surface area (Å²) in [5.41, 5.74) is 4.26. The lowest BCUT2D eigenvalue weighted by Gasteiger charge is -2.37. The van der Waals surface area contributed by atoms with Crippen LogP contribution < -0.4 is 5.46 Å². The molecule has 3 nitrogen and oxygen atoms in total. The highest BCUT2D eigenvalue weighted by molar-refractivity contribution is 6.47. The Morgan fingerprint density at radius 2 is 1.67 bits per heavy atom. The topological polar surface area (TPSA) is 46.5 Å². The van der Waals surface area contributed by atoms with Crippen molar-refractivity contribution in [2.24, 2.45) is 0 Å².